The van der Waals surface area contributed by atoms with Gasteiger partial charge in [-0.2, -0.15) is 5.10 Å². The number of halogens is 1. The molecule has 0 saturated heterocycles. The molecule has 8 nitrogen and oxygen atoms in total. The zero-order chi connectivity index (χ0) is 21.3. The van der Waals surface area contributed by atoms with Gasteiger partial charge in [-0.25, -0.2) is 9.67 Å². The van der Waals surface area contributed by atoms with Gasteiger partial charge in [-0.05, 0) is 54.4 Å². The number of rotatable bonds is 9. The second-order valence-electron chi connectivity index (χ2n) is 6.52. The van der Waals surface area contributed by atoms with Crippen LogP contribution in [0.15, 0.2) is 59.7 Å². The molecule has 2 aromatic carbocycles. The highest BCUT2D eigenvalue weighted by molar-refractivity contribution is 14.0. The molecule has 0 unspecified atom stereocenters. The molecule has 1 aromatic heterocycles. The Morgan fingerprint density at radius 3 is 2.42 bits per heavy atom. The smallest absolute Gasteiger partial charge is 0.188 e. The number of hydrogen-bond donors (Lipinski definition) is 2. The lowest BCUT2D eigenvalue weighted by Gasteiger charge is -2.10. The van der Waals surface area contributed by atoms with E-state index in [0.717, 1.165) is 29.1 Å². The highest BCUT2D eigenvalue weighted by atomic mass is 127. The monoisotopic (exact) mass is 537 g/mol. The SMILES string of the molecule is COc1ccc(-n2ccc(CN=C(N)NCCc3ccc(OC)c(OC)c3)n2)cc1.I. The average molecular weight is 537 g/mol. The van der Waals surface area contributed by atoms with Crippen LogP contribution in [0.25, 0.3) is 5.69 Å². The summed E-state index contributed by atoms with van der Waals surface area (Å²) in [6.07, 6.45) is 2.68. The average Bonchev–Trinajstić information content (AvgIpc) is 3.26. The Morgan fingerprint density at radius 2 is 1.74 bits per heavy atom. The van der Waals surface area contributed by atoms with Gasteiger partial charge in [-0.1, -0.05) is 6.07 Å². The molecule has 0 atom stereocenters. The van der Waals surface area contributed by atoms with Gasteiger partial charge in [0.25, 0.3) is 0 Å². The summed E-state index contributed by atoms with van der Waals surface area (Å²) < 4.78 is 17.6. The molecule has 0 amide bonds. The molecule has 1 heterocycles. The molecule has 0 aliphatic carbocycles. The number of aromatic nitrogens is 2. The summed E-state index contributed by atoms with van der Waals surface area (Å²) in [4.78, 5) is 4.36. The van der Waals surface area contributed by atoms with Gasteiger partial charge in [0.05, 0.1) is 39.3 Å². The van der Waals surface area contributed by atoms with Crippen LogP contribution in [0, 0.1) is 0 Å². The van der Waals surface area contributed by atoms with Gasteiger partial charge >= 0.3 is 0 Å². The van der Waals surface area contributed by atoms with Gasteiger partial charge in [-0.3, -0.25) is 0 Å². The maximum atomic E-state index is 5.98. The fraction of sp³-hybridized carbons (Fsp3) is 0.273. The van der Waals surface area contributed by atoms with E-state index in [2.05, 4.69) is 15.4 Å². The number of nitrogens with two attached hydrogens (primary N) is 1. The van der Waals surface area contributed by atoms with Crippen molar-refractivity contribution < 1.29 is 14.2 Å². The molecule has 3 aromatic rings. The largest absolute Gasteiger partial charge is 0.497 e. The number of ether oxygens (including phenoxy) is 3. The van der Waals surface area contributed by atoms with Gasteiger partial charge in [0, 0.05) is 12.7 Å². The minimum atomic E-state index is 0. The second kappa shape index (κ2) is 12.0. The van der Waals surface area contributed by atoms with Crippen LogP contribution < -0.4 is 25.3 Å². The lowest BCUT2D eigenvalue weighted by Crippen LogP contribution is -2.33. The first kappa shape index (κ1) is 24.3. The number of hydrogen-bond acceptors (Lipinski definition) is 5. The molecule has 0 spiro atoms. The first-order valence-corrected chi connectivity index (χ1v) is 9.56. The molecule has 0 saturated carbocycles. The summed E-state index contributed by atoms with van der Waals surface area (Å²) in [7, 11) is 4.89. The van der Waals surface area contributed by atoms with Crippen LogP contribution in [0.3, 0.4) is 0 Å². The van der Waals surface area contributed by atoms with Crippen LogP contribution >= 0.6 is 24.0 Å². The number of aliphatic imine (C=N–C) groups is 1. The van der Waals surface area contributed by atoms with E-state index in [1.807, 2.05) is 54.7 Å². The molecule has 3 N–H and O–H groups in total. The third-order valence-electron chi connectivity index (χ3n) is 4.56. The first-order chi connectivity index (χ1) is 14.6. The predicted molar refractivity (Wildman–Crippen MR) is 132 cm³/mol. The van der Waals surface area contributed by atoms with Gasteiger partial charge in [0.2, 0.25) is 0 Å². The topological polar surface area (TPSA) is 95.9 Å². The van der Waals surface area contributed by atoms with Crippen molar-refractivity contribution in [2.45, 2.75) is 13.0 Å². The number of methoxy groups -OCH3 is 3. The zero-order valence-electron chi connectivity index (χ0n) is 17.9. The molecule has 0 fully saturated rings. The van der Waals surface area contributed by atoms with E-state index in [1.165, 1.54) is 0 Å². The van der Waals surface area contributed by atoms with Crippen LogP contribution in [0.5, 0.6) is 17.2 Å². The Kier molecular flexibility index (Phi) is 9.44. The summed E-state index contributed by atoms with van der Waals surface area (Å²) in [6.45, 7) is 1.06. The van der Waals surface area contributed by atoms with E-state index in [-0.39, 0.29) is 24.0 Å². The van der Waals surface area contributed by atoms with Crippen molar-refractivity contribution in [3.8, 4) is 22.9 Å². The molecule has 31 heavy (non-hydrogen) atoms. The van der Waals surface area contributed by atoms with E-state index >= 15 is 0 Å². The summed E-state index contributed by atoms with van der Waals surface area (Å²) in [6, 6.07) is 15.5. The van der Waals surface area contributed by atoms with Crippen LogP contribution in [0.1, 0.15) is 11.3 Å². The fourth-order valence-electron chi connectivity index (χ4n) is 2.92. The lowest BCUT2D eigenvalue weighted by molar-refractivity contribution is 0.354. The van der Waals surface area contributed by atoms with E-state index in [4.69, 9.17) is 19.9 Å². The van der Waals surface area contributed by atoms with Crippen molar-refractivity contribution >= 4 is 29.9 Å². The maximum absolute atomic E-state index is 5.98. The second-order valence-corrected chi connectivity index (χ2v) is 6.52. The Bertz CT molecular complexity index is 989. The normalized spacial score (nSPS) is 10.9. The Hall–Kier alpha value is -2.95. The molecular formula is C22H28IN5O3. The Morgan fingerprint density at radius 1 is 1.00 bits per heavy atom. The first-order valence-electron chi connectivity index (χ1n) is 9.56. The van der Waals surface area contributed by atoms with E-state index < -0.39 is 0 Å². The molecule has 166 valence electrons. The van der Waals surface area contributed by atoms with Crippen LogP contribution in [0.2, 0.25) is 0 Å². The van der Waals surface area contributed by atoms with E-state index in [9.17, 15) is 0 Å². The van der Waals surface area contributed by atoms with Crippen molar-refractivity contribution in [2.75, 3.05) is 27.9 Å². The highest BCUT2D eigenvalue weighted by Gasteiger charge is 2.05. The molecule has 0 aliphatic heterocycles. The third kappa shape index (κ3) is 6.78. The molecule has 0 aliphatic rings. The Balaban J connectivity index is 0.00000341. The lowest BCUT2D eigenvalue weighted by atomic mass is 10.1. The summed E-state index contributed by atoms with van der Waals surface area (Å²) >= 11 is 0. The molecule has 3 rings (SSSR count). The van der Waals surface area contributed by atoms with Gasteiger partial charge in [-0.15, -0.1) is 24.0 Å². The van der Waals surface area contributed by atoms with Crippen LogP contribution in [-0.4, -0.2) is 43.6 Å². The summed E-state index contributed by atoms with van der Waals surface area (Å²) in [5, 5.41) is 7.66. The van der Waals surface area contributed by atoms with Crippen molar-refractivity contribution in [3.05, 3.63) is 66.0 Å². The number of guanidine groups is 1. The number of nitrogens with zero attached hydrogens (tertiary/aromatic N) is 3. The van der Waals surface area contributed by atoms with Gasteiger partial charge < -0.3 is 25.3 Å². The van der Waals surface area contributed by atoms with Crippen LogP contribution in [-0.2, 0) is 13.0 Å². The molecule has 0 radical (unpaired) electrons. The van der Waals surface area contributed by atoms with Crippen molar-refractivity contribution in [1.82, 2.24) is 15.1 Å². The zero-order valence-corrected chi connectivity index (χ0v) is 20.2. The quantitative estimate of drug-likeness (QED) is 0.248. The van der Waals surface area contributed by atoms with Gasteiger partial charge in [0.15, 0.2) is 17.5 Å². The van der Waals surface area contributed by atoms with Crippen molar-refractivity contribution in [3.63, 3.8) is 0 Å². The minimum Gasteiger partial charge on any atom is -0.497 e. The minimum absolute atomic E-state index is 0. The third-order valence-corrected chi connectivity index (χ3v) is 4.56. The number of nitrogens with one attached hydrogen (secondary N) is 1. The summed E-state index contributed by atoms with van der Waals surface area (Å²) in [5.41, 5.74) is 8.88. The van der Waals surface area contributed by atoms with E-state index in [0.29, 0.717) is 30.5 Å². The van der Waals surface area contributed by atoms with Crippen molar-refractivity contribution in [2.24, 2.45) is 10.7 Å². The van der Waals surface area contributed by atoms with Gasteiger partial charge in [0.1, 0.15) is 5.75 Å². The molecular weight excluding hydrogens is 509 g/mol. The van der Waals surface area contributed by atoms with Crippen molar-refractivity contribution in [1.29, 1.82) is 0 Å². The van der Waals surface area contributed by atoms with Crippen LogP contribution in [0.4, 0.5) is 0 Å². The summed E-state index contributed by atoms with van der Waals surface area (Å²) in [5.74, 6) is 2.62. The Labute approximate surface area is 199 Å². The fourth-order valence-corrected chi connectivity index (χ4v) is 2.92. The highest BCUT2D eigenvalue weighted by Crippen LogP contribution is 2.27. The number of benzene rings is 2. The molecule has 9 heteroatoms. The standard InChI is InChI=1S/C22H27N5O3.HI/c1-28-19-7-5-18(6-8-19)27-13-11-17(26-27)15-25-22(23)24-12-10-16-4-9-20(29-2)21(14-16)30-3;/h4-9,11,13-14H,10,12,15H2,1-3H3,(H3,23,24,25);1H. The maximum Gasteiger partial charge on any atom is 0.188 e. The predicted octanol–water partition coefficient (Wildman–Crippen LogP) is 3.16. The molecule has 0 bridgehead atoms. The van der Waals surface area contributed by atoms with E-state index in [1.54, 1.807) is 26.0 Å².